The first kappa shape index (κ1) is 19.7. The van der Waals surface area contributed by atoms with Crippen molar-refractivity contribution in [1.82, 2.24) is 0 Å². The second-order valence-electron chi connectivity index (χ2n) is 6.58. The molecule has 3 heteroatoms. The van der Waals surface area contributed by atoms with Crippen molar-refractivity contribution in [3.63, 3.8) is 0 Å². The van der Waals surface area contributed by atoms with Crippen LogP contribution in [0.3, 0.4) is 0 Å². The number of aliphatic carboxylic acids is 1. The quantitative estimate of drug-likeness (QED) is 0.391. The molecule has 2 atom stereocenters. The molecule has 1 fully saturated rings. The smallest absolute Gasteiger partial charge is 0.303 e. The van der Waals surface area contributed by atoms with Crippen LogP contribution in [0.2, 0.25) is 0 Å². The zero-order valence-corrected chi connectivity index (χ0v) is 14.5. The van der Waals surface area contributed by atoms with Crippen LogP contribution >= 0.6 is 0 Å². The lowest BCUT2D eigenvalue weighted by molar-refractivity contribution is -0.137. The molecular weight excluding hydrogens is 288 g/mol. The molecular formula is C20H32O3. The van der Waals surface area contributed by atoms with E-state index in [1.54, 1.807) is 0 Å². The Kier molecular flexibility index (Phi) is 10.3. The summed E-state index contributed by atoms with van der Waals surface area (Å²) in [7, 11) is 0. The molecule has 0 aromatic rings. The summed E-state index contributed by atoms with van der Waals surface area (Å²) < 4.78 is 0. The number of unbranched alkanes of at least 4 members (excludes halogenated alkanes) is 5. The highest BCUT2D eigenvalue weighted by atomic mass is 16.4. The summed E-state index contributed by atoms with van der Waals surface area (Å²) in [4.78, 5) is 22.5. The molecule has 3 nitrogen and oxygen atoms in total. The largest absolute Gasteiger partial charge is 0.481 e. The van der Waals surface area contributed by atoms with Gasteiger partial charge in [-0.2, -0.15) is 0 Å². The van der Waals surface area contributed by atoms with Gasteiger partial charge in [0.15, 0.2) is 0 Å². The van der Waals surface area contributed by atoms with Crippen LogP contribution < -0.4 is 0 Å². The van der Waals surface area contributed by atoms with Crippen LogP contribution in [-0.2, 0) is 9.59 Å². The number of carboxylic acid groups (broad SMARTS) is 1. The Hall–Kier alpha value is -1.38. The molecule has 23 heavy (non-hydrogen) atoms. The molecule has 130 valence electrons. The number of carboxylic acids is 1. The van der Waals surface area contributed by atoms with E-state index in [-0.39, 0.29) is 12.3 Å². The van der Waals surface area contributed by atoms with Gasteiger partial charge in [-0.25, -0.2) is 0 Å². The Morgan fingerprint density at radius 2 is 1.96 bits per heavy atom. The SMILES string of the molecule is CCCC/C=C/C=C/[C@H]1CCC(=O)[C@@H]1CCCCCCC(=O)O. The van der Waals surface area contributed by atoms with E-state index in [0.29, 0.717) is 11.7 Å². The van der Waals surface area contributed by atoms with E-state index in [2.05, 4.69) is 31.2 Å². The Balaban J connectivity index is 2.25. The van der Waals surface area contributed by atoms with Gasteiger partial charge in [-0.1, -0.05) is 63.3 Å². The van der Waals surface area contributed by atoms with Crippen LogP contribution in [0.4, 0.5) is 0 Å². The molecule has 0 bridgehead atoms. The van der Waals surface area contributed by atoms with E-state index in [1.165, 1.54) is 12.8 Å². The Morgan fingerprint density at radius 1 is 1.17 bits per heavy atom. The maximum atomic E-state index is 12.0. The third-order valence-corrected chi connectivity index (χ3v) is 4.64. The molecule has 0 saturated heterocycles. The predicted octanol–water partition coefficient (Wildman–Crippen LogP) is 5.31. The fourth-order valence-electron chi connectivity index (χ4n) is 3.24. The maximum absolute atomic E-state index is 12.0. The van der Waals surface area contributed by atoms with Crippen molar-refractivity contribution < 1.29 is 14.7 Å². The van der Waals surface area contributed by atoms with Gasteiger partial charge in [-0.3, -0.25) is 9.59 Å². The van der Waals surface area contributed by atoms with Gasteiger partial charge in [0, 0.05) is 18.8 Å². The highest BCUT2D eigenvalue weighted by Gasteiger charge is 2.31. The summed E-state index contributed by atoms with van der Waals surface area (Å²) >= 11 is 0. The number of hydrogen-bond donors (Lipinski definition) is 1. The minimum Gasteiger partial charge on any atom is -0.481 e. The Labute approximate surface area is 140 Å². The van der Waals surface area contributed by atoms with Crippen LogP contribution in [0, 0.1) is 11.8 Å². The van der Waals surface area contributed by atoms with Crippen LogP contribution in [0.5, 0.6) is 0 Å². The summed E-state index contributed by atoms with van der Waals surface area (Å²) in [5, 5.41) is 8.60. The van der Waals surface area contributed by atoms with E-state index < -0.39 is 5.97 Å². The van der Waals surface area contributed by atoms with Crippen molar-refractivity contribution in [3.8, 4) is 0 Å². The zero-order valence-electron chi connectivity index (χ0n) is 14.5. The van der Waals surface area contributed by atoms with Crippen molar-refractivity contribution in [2.75, 3.05) is 0 Å². The lowest BCUT2D eigenvalue weighted by Gasteiger charge is -2.14. The number of rotatable bonds is 12. The highest BCUT2D eigenvalue weighted by molar-refractivity contribution is 5.83. The molecule has 1 aliphatic carbocycles. The van der Waals surface area contributed by atoms with E-state index in [1.807, 2.05) is 0 Å². The summed E-state index contributed by atoms with van der Waals surface area (Å²) in [6.45, 7) is 2.19. The molecule has 1 saturated carbocycles. The first-order valence-electron chi connectivity index (χ1n) is 9.23. The normalized spacial score (nSPS) is 21.7. The van der Waals surface area contributed by atoms with Crippen LogP contribution in [0.15, 0.2) is 24.3 Å². The molecule has 0 spiro atoms. The van der Waals surface area contributed by atoms with Gasteiger partial charge in [0.05, 0.1) is 0 Å². The third kappa shape index (κ3) is 8.73. The summed E-state index contributed by atoms with van der Waals surface area (Å²) in [5.41, 5.74) is 0. The van der Waals surface area contributed by atoms with Crippen LogP contribution in [0.25, 0.3) is 0 Å². The number of carbonyl (C=O) groups is 2. The lowest BCUT2D eigenvalue weighted by atomic mass is 9.89. The van der Waals surface area contributed by atoms with Crippen molar-refractivity contribution in [2.24, 2.45) is 11.8 Å². The molecule has 0 aromatic heterocycles. The van der Waals surface area contributed by atoms with Gasteiger partial charge >= 0.3 is 5.97 Å². The van der Waals surface area contributed by atoms with Crippen molar-refractivity contribution in [2.45, 2.75) is 77.6 Å². The van der Waals surface area contributed by atoms with Gasteiger partial charge in [0.2, 0.25) is 0 Å². The van der Waals surface area contributed by atoms with Crippen molar-refractivity contribution in [3.05, 3.63) is 24.3 Å². The number of Topliss-reactive ketones (excluding diaryl/α,β-unsaturated/α-hetero) is 1. The second kappa shape index (κ2) is 12.1. The van der Waals surface area contributed by atoms with Gasteiger partial charge in [0.25, 0.3) is 0 Å². The monoisotopic (exact) mass is 320 g/mol. The molecule has 0 aliphatic heterocycles. The number of carbonyl (C=O) groups excluding carboxylic acids is 1. The minimum absolute atomic E-state index is 0.190. The second-order valence-corrected chi connectivity index (χ2v) is 6.58. The molecule has 0 unspecified atom stereocenters. The van der Waals surface area contributed by atoms with E-state index in [4.69, 9.17) is 5.11 Å². The van der Waals surface area contributed by atoms with Crippen molar-refractivity contribution in [1.29, 1.82) is 0 Å². The van der Waals surface area contributed by atoms with Crippen molar-refractivity contribution >= 4 is 11.8 Å². The van der Waals surface area contributed by atoms with E-state index >= 15 is 0 Å². The molecule has 1 N–H and O–H groups in total. The lowest BCUT2D eigenvalue weighted by Crippen LogP contribution is -2.13. The topological polar surface area (TPSA) is 54.4 Å². The van der Waals surface area contributed by atoms with Gasteiger partial charge < -0.3 is 5.11 Å². The van der Waals surface area contributed by atoms with E-state index in [9.17, 15) is 9.59 Å². The fraction of sp³-hybridized carbons (Fsp3) is 0.700. The summed E-state index contributed by atoms with van der Waals surface area (Å²) in [6.07, 6.45) is 18.9. The minimum atomic E-state index is -0.715. The molecule has 1 aliphatic rings. The number of ketones is 1. The molecule has 0 amide bonds. The molecule has 1 rings (SSSR count). The van der Waals surface area contributed by atoms with Gasteiger partial charge in [-0.05, 0) is 31.6 Å². The average molecular weight is 320 g/mol. The first-order valence-corrected chi connectivity index (χ1v) is 9.23. The third-order valence-electron chi connectivity index (χ3n) is 4.64. The molecule has 0 radical (unpaired) electrons. The van der Waals surface area contributed by atoms with Crippen LogP contribution in [-0.4, -0.2) is 16.9 Å². The predicted molar refractivity (Wildman–Crippen MR) is 94.4 cm³/mol. The van der Waals surface area contributed by atoms with E-state index in [0.717, 1.165) is 51.4 Å². The zero-order chi connectivity index (χ0) is 16.9. The Bertz CT molecular complexity index is 409. The first-order chi connectivity index (χ1) is 11.1. The molecule has 0 aromatic carbocycles. The average Bonchev–Trinajstić information content (AvgIpc) is 2.86. The molecule has 0 heterocycles. The number of allylic oxidation sites excluding steroid dienone is 4. The van der Waals surface area contributed by atoms with Gasteiger partial charge in [-0.15, -0.1) is 0 Å². The standard InChI is InChI=1S/C20H32O3/c1-2-3-4-5-6-9-12-17-15-16-19(21)18(17)13-10-7-8-11-14-20(22)23/h5-6,9,12,17-18H,2-4,7-8,10-11,13-16H2,1H3,(H,22,23)/b6-5+,12-9+/t17-,18+/m0/s1. The number of hydrogen-bond acceptors (Lipinski definition) is 2. The Morgan fingerprint density at radius 3 is 2.70 bits per heavy atom. The fourth-order valence-corrected chi connectivity index (χ4v) is 3.24. The van der Waals surface area contributed by atoms with Crippen LogP contribution in [0.1, 0.15) is 77.6 Å². The van der Waals surface area contributed by atoms with Gasteiger partial charge in [0.1, 0.15) is 5.78 Å². The maximum Gasteiger partial charge on any atom is 0.303 e. The summed E-state index contributed by atoms with van der Waals surface area (Å²) in [5.74, 6) is 0.292. The highest BCUT2D eigenvalue weighted by Crippen LogP contribution is 2.33. The summed E-state index contributed by atoms with van der Waals surface area (Å²) in [6, 6.07) is 0.